The maximum atomic E-state index is 13.4. The molecule has 3 aromatic rings. The van der Waals surface area contributed by atoms with Crippen LogP contribution in [-0.2, 0) is 16.1 Å². The second-order valence-electron chi connectivity index (χ2n) is 9.84. The lowest BCUT2D eigenvalue weighted by molar-refractivity contribution is -0.126. The molecule has 2 atom stereocenters. The number of amides is 2. The number of hydrogen-bond acceptors (Lipinski definition) is 9. The van der Waals surface area contributed by atoms with Crippen LogP contribution in [0.5, 0.6) is 0 Å². The molecule has 2 amide bonds. The normalized spacial score (nSPS) is 16.8. The van der Waals surface area contributed by atoms with E-state index in [-0.39, 0.29) is 31.0 Å². The van der Waals surface area contributed by atoms with Crippen LogP contribution in [0.15, 0.2) is 42.6 Å². The minimum absolute atomic E-state index is 0.221. The van der Waals surface area contributed by atoms with E-state index in [2.05, 4.69) is 30.9 Å². The van der Waals surface area contributed by atoms with Crippen molar-refractivity contribution in [1.29, 1.82) is 0 Å². The number of nitrogens with zero attached hydrogens (tertiary/aromatic N) is 4. The van der Waals surface area contributed by atoms with Crippen molar-refractivity contribution in [3.8, 4) is 11.3 Å². The standard InChI is InChI=1S/C28H32ClN7O4/c1-16(26(38)34-23(15-37)22-4-3-5-24(30-2)33-22)36-14-18-7-6-17(12-20(18)27(36)39)25-21(29)13-31-28(35-25)32-19-8-10-40-11-9-19/h3-7,12-13,16,19,23,37H,8-11,14-15H2,1-2H3,(H,30,33)(H,34,38)(H,31,32,35)/t16-,23-/m1/s1. The van der Waals surface area contributed by atoms with Crippen molar-refractivity contribution in [2.24, 2.45) is 0 Å². The number of nitrogens with one attached hydrogen (secondary N) is 3. The highest BCUT2D eigenvalue weighted by Crippen LogP contribution is 2.32. The van der Waals surface area contributed by atoms with Crippen LogP contribution in [-0.4, -0.2) is 75.7 Å². The average Bonchev–Trinajstić information content (AvgIpc) is 3.32. The Bertz CT molecular complexity index is 1400. The minimum Gasteiger partial charge on any atom is -0.394 e. The molecule has 1 fully saturated rings. The molecule has 40 heavy (non-hydrogen) atoms. The van der Waals surface area contributed by atoms with Gasteiger partial charge in [-0.1, -0.05) is 29.8 Å². The Morgan fingerprint density at radius 1 is 1.23 bits per heavy atom. The topological polar surface area (TPSA) is 142 Å². The summed E-state index contributed by atoms with van der Waals surface area (Å²) in [5, 5.41) is 19.4. The Labute approximate surface area is 237 Å². The summed E-state index contributed by atoms with van der Waals surface area (Å²) < 4.78 is 5.42. The van der Waals surface area contributed by atoms with Crippen molar-refractivity contribution in [3.63, 3.8) is 0 Å². The molecule has 2 aliphatic heterocycles. The number of aliphatic hydroxyl groups is 1. The van der Waals surface area contributed by atoms with Gasteiger partial charge in [0.25, 0.3) is 5.91 Å². The van der Waals surface area contributed by atoms with Gasteiger partial charge in [-0.15, -0.1) is 0 Å². The van der Waals surface area contributed by atoms with Gasteiger partial charge >= 0.3 is 0 Å². The van der Waals surface area contributed by atoms with Gasteiger partial charge in [0.15, 0.2) is 0 Å². The maximum absolute atomic E-state index is 13.4. The first-order chi connectivity index (χ1) is 19.4. The lowest BCUT2D eigenvalue weighted by Crippen LogP contribution is -2.46. The second kappa shape index (κ2) is 12.2. The first kappa shape index (κ1) is 27.8. The van der Waals surface area contributed by atoms with Crippen molar-refractivity contribution in [2.75, 3.05) is 37.5 Å². The highest BCUT2D eigenvalue weighted by atomic mass is 35.5. The van der Waals surface area contributed by atoms with E-state index >= 15 is 0 Å². The molecule has 4 N–H and O–H groups in total. The molecule has 0 radical (unpaired) electrons. The highest BCUT2D eigenvalue weighted by molar-refractivity contribution is 6.33. The van der Waals surface area contributed by atoms with Crippen LogP contribution in [0, 0.1) is 0 Å². The summed E-state index contributed by atoms with van der Waals surface area (Å²) in [5.41, 5.74) is 3.02. The number of benzene rings is 1. The van der Waals surface area contributed by atoms with Crippen LogP contribution >= 0.6 is 11.6 Å². The van der Waals surface area contributed by atoms with Crippen molar-refractivity contribution >= 4 is 35.2 Å². The summed E-state index contributed by atoms with van der Waals surface area (Å²) in [5.74, 6) is 0.438. The highest BCUT2D eigenvalue weighted by Gasteiger charge is 2.35. The zero-order valence-electron chi connectivity index (χ0n) is 22.4. The van der Waals surface area contributed by atoms with Crippen LogP contribution in [0.4, 0.5) is 11.8 Å². The van der Waals surface area contributed by atoms with E-state index in [1.807, 2.05) is 12.1 Å². The first-order valence-corrected chi connectivity index (χ1v) is 13.6. The molecule has 4 heterocycles. The summed E-state index contributed by atoms with van der Waals surface area (Å²) in [6.07, 6.45) is 3.29. The second-order valence-corrected chi connectivity index (χ2v) is 10.3. The monoisotopic (exact) mass is 565 g/mol. The number of halogens is 1. The fourth-order valence-electron chi connectivity index (χ4n) is 4.88. The number of ether oxygens (including phenoxy) is 1. The van der Waals surface area contributed by atoms with Gasteiger partial charge in [0.1, 0.15) is 11.9 Å². The molecular formula is C28H32ClN7O4. The molecule has 0 spiro atoms. The number of fused-ring (bicyclic) bond motifs is 1. The van der Waals surface area contributed by atoms with Gasteiger partial charge in [-0.2, -0.15) is 0 Å². The number of aromatic nitrogens is 3. The fraction of sp³-hybridized carbons (Fsp3) is 0.393. The quantitative estimate of drug-likeness (QED) is 0.308. The molecule has 11 nitrogen and oxygen atoms in total. The molecule has 0 saturated carbocycles. The van der Waals surface area contributed by atoms with E-state index < -0.39 is 12.1 Å². The third-order valence-electron chi connectivity index (χ3n) is 7.24. The summed E-state index contributed by atoms with van der Waals surface area (Å²) in [4.78, 5) is 41.5. The lowest BCUT2D eigenvalue weighted by atomic mass is 10.0. The number of carbonyl (C=O) groups is 2. The molecular weight excluding hydrogens is 534 g/mol. The number of pyridine rings is 1. The molecule has 0 aliphatic carbocycles. The van der Waals surface area contributed by atoms with E-state index in [4.69, 9.17) is 16.3 Å². The summed E-state index contributed by atoms with van der Waals surface area (Å²) in [7, 11) is 1.74. The number of aliphatic hydroxyl groups excluding tert-OH is 1. The van der Waals surface area contributed by atoms with Gasteiger partial charge in [0.2, 0.25) is 11.9 Å². The Balaban J connectivity index is 1.30. The molecule has 0 bridgehead atoms. The molecule has 5 rings (SSSR count). The molecule has 12 heteroatoms. The summed E-state index contributed by atoms with van der Waals surface area (Å²) >= 11 is 6.46. The molecule has 2 aromatic heterocycles. The van der Waals surface area contributed by atoms with Crippen LogP contribution in [0.2, 0.25) is 5.02 Å². The maximum Gasteiger partial charge on any atom is 0.255 e. The van der Waals surface area contributed by atoms with Gasteiger partial charge in [-0.25, -0.2) is 15.0 Å². The molecule has 210 valence electrons. The van der Waals surface area contributed by atoms with Gasteiger partial charge in [-0.3, -0.25) is 9.59 Å². The average molecular weight is 566 g/mol. The fourth-order valence-corrected chi connectivity index (χ4v) is 5.08. The van der Waals surface area contributed by atoms with E-state index in [0.717, 1.165) is 18.4 Å². The van der Waals surface area contributed by atoms with Crippen molar-refractivity contribution < 1.29 is 19.4 Å². The van der Waals surface area contributed by atoms with E-state index in [0.29, 0.717) is 52.5 Å². The van der Waals surface area contributed by atoms with E-state index in [9.17, 15) is 14.7 Å². The predicted octanol–water partition coefficient (Wildman–Crippen LogP) is 3.02. The van der Waals surface area contributed by atoms with Crippen molar-refractivity contribution in [1.82, 2.24) is 25.2 Å². The number of carbonyl (C=O) groups excluding carboxylic acids is 2. The van der Waals surface area contributed by atoms with Crippen molar-refractivity contribution in [3.05, 3.63) is 64.4 Å². The lowest BCUT2D eigenvalue weighted by Gasteiger charge is -2.25. The summed E-state index contributed by atoms with van der Waals surface area (Å²) in [6, 6.07) is 9.54. The number of rotatable bonds is 9. The SMILES string of the molecule is CNc1cccc([C@@H](CO)NC(=O)[C@@H](C)N2Cc3ccc(-c4nc(NC5CCOCC5)ncc4Cl)cc3C2=O)n1. The Morgan fingerprint density at radius 2 is 2.02 bits per heavy atom. The number of anilines is 2. The van der Waals surface area contributed by atoms with E-state index in [1.165, 1.54) is 4.90 Å². The van der Waals surface area contributed by atoms with Gasteiger partial charge in [0.05, 0.1) is 35.3 Å². The largest absolute Gasteiger partial charge is 0.394 e. The van der Waals surface area contributed by atoms with Gasteiger partial charge < -0.3 is 30.7 Å². The molecule has 1 aromatic carbocycles. The van der Waals surface area contributed by atoms with Crippen LogP contribution in [0.3, 0.4) is 0 Å². The third kappa shape index (κ3) is 5.86. The Morgan fingerprint density at radius 3 is 2.77 bits per heavy atom. The zero-order valence-corrected chi connectivity index (χ0v) is 23.1. The van der Waals surface area contributed by atoms with Crippen LogP contribution in [0.25, 0.3) is 11.3 Å². The molecule has 0 unspecified atom stereocenters. The van der Waals surface area contributed by atoms with E-state index in [1.54, 1.807) is 44.4 Å². The summed E-state index contributed by atoms with van der Waals surface area (Å²) in [6.45, 7) is 3.01. The molecule has 2 aliphatic rings. The Hall–Kier alpha value is -3.80. The van der Waals surface area contributed by atoms with Crippen molar-refractivity contribution in [2.45, 2.75) is 44.4 Å². The van der Waals surface area contributed by atoms with Crippen LogP contribution < -0.4 is 16.0 Å². The Kier molecular flexibility index (Phi) is 8.43. The van der Waals surface area contributed by atoms with Gasteiger partial charge in [0, 0.05) is 44.0 Å². The first-order valence-electron chi connectivity index (χ1n) is 13.2. The smallest absolute Gasteiger partial charge is 0.255 e. The minimum atomic E-state index is -0.775. The van der Waals surface area contributed by atoms with Gasteiger partial charge in [-0.05, 0) is 43.5 Å². The van der Waals surface area contributed by atoms with Crippen LogP contribution in [0.1, 0.15) is 47.4 Å². The predicted molar refractivity (Wildman–Crippen MR) is 151 cm³/mol. The number of hydrogen-bond donors (Lipinski definition) is 4. The third-order valence-corrected chi connectivity index (χ3v) is 7.52. The zero-order chi connectivity index (χ0) is 28.2. The molecule has 1 saturated heterocycles.